The number of ether oxygens (including phenoxy) is 3. The van der Waals surface area contributed by atoms with E-state index >= 15 is 0 Å². The first kappa shape index (κ1) is 79.6. The fourth-order valence-electron chi connectivity index (χ4n) is 14.5. The molecular weight excluding hydrogens is 1340 g/mol. The number of aliphatic hydroxyl groups excluding tert-OH is 1. The van der Waals surface area contributed by atoms with Gasteiger partial charge in [-0.15, -0.1) is 0 Å². The summed E-state index contributed by atoms with van der Waals surface area (Å²) >= 11 is 0. The molecule has 12 rings (SSSR count). The lowest BCUT2D eigenvalue weighted by atomic mass is 9.80. The minimum atomic E-state index is -1.79. The maximum absolute atomic E-state index is 13.3. The van der Waals surface area contributed by atoms with Crippen LogP contribution in [0.25, 0.3) is 22.8 Å². The summed E-state index contributed by atoms with van der Waals surface area (Å²) in [7, 11) is -3.57. The molecule has 3 spiro atoms. The van der Waals surface area contributed by atoms with Crippen molar-refractivity contribution in [3.8, 4) is 58.3 Å². The van der Waals surface area contributed by atoms with Crippen LogP contribution in [0.5, 0.6) is 17.2 Å². The molecule has 1 aromatic heterocycles. The molecular formula is C79H102N10O12Si2. The SMILES string of the molecule is CC(C)(C)[Si](C)(C)OCCN1CCC2(CCc3c(C#N)cccc32)C1=O.CC(C)(C)[Si](C)(C)OCCN1CCC2(CCc3c(C(=N)N)cccc32)C1=O.CC(C)Oc1ccc(-c2nc(-c3cccc4c3CCC43CCN(CCO)C3=O)no2)cc1C#N.CC(C)Oc1ccc(OC=O)cc1C#N.O. The van der Waals surface area contributed by atoms with Crippen LogP contribution in [0.4, 0.5) is 0 Å². The zero-order valence-corrected chi connectivity index (χ0v) is 64.3. The molecule has 0 radical (unpaired) electrons. The van der Waals surface area contributed by atoms with Crippen molar-refractivity contribution in [3.63, 3.8) is 0 Å². The number of nitrogen functional groups attached to an aromatic ring is 1. The number of fused-ring (bicyclic) bond motifs is 6. The van der Waals surface area contributed by atoms with Gasteiger partial charge in [0, 0.05) is 62.0 Å². The smallest absolute Gasteiger partial charge is 0.298 e. The minimum absolute atomic E-state index is 0. The number of amidine groups is 1. The van der Waals surface area contributed by atoms with Gasteiger partial charge in [0.2, 0.25) is 23.5 Å². The molecule has 0 bridgehead atoms. The number of aromatic nitrogens is 2. The van der Waals surface area contributed by atoms with Gasteiger partial charge in [0.1, 0.15) is 35.2 Å². The molecule has 548 valence electrons. The zero-order valence-electron chi connectivity index (χ0n) is 62.3. The Balaban J connectivity index is 0.000000179. The van der Waals surface area contributed by atoms with Crippen LogP contribution in [-0.2, 0) is 63.5 Å². The van der Waals surface area contributed by atoms with Crippen LogP contribution in [0, 0.1) is 39.4 Å². The van der Waals surface area contributed by atoms with E-state index in [9.17, 15) is 34.8 Å². The van der Waals surface area contributed by atoms with Gasteiger partial charge in [0.05, 0.1) is 71.0 Å². The normalized spacial score (nSPS) is 19.4. The number of aliphatic hydroxyl groups is 1. The number of carbonyl (C=O) groups is 4. The Labute approximate surface area is 608 Å². The van der Waals surface area contributed by atoms with Gasteiger partial charge in [-0.25, -0.2) is 0 Å². The van der Waals surface area contributed by atoms with Crippen molar-refractivity contribution in [1.82, 2.24) is 24.8 Å². The molecule has 3 saturated heterocycles. The number of amides is 3. The van der Waals surface area contributed by atoms with Crippen LogP contribution in [0.3, 0.4) is 0 Å². The number of carbonyl (C=O) groups excluding carboxylic acids is 4. The number of hydrogen-bond donors (Lipinski definition) is 3. The fourth-order valence-corrected chi connectivity index (χ4v) is 16.6. The molecule has 22 nitrogen and oxygen atoms in total. The van der Waals surface area contributed by atoms with Gasteiger partial charge in [-0.2, -0.15) is 20.8 Å². The Hall–Kier alpha value is -9.07. The highest BCUT2D eigenvalue weighted by Gasteiger charge is 2.55. The molecule has 3 aliphatic heterocycles. The molecule has 3 amide bonds. The van der Waals surface area contributed by atoms with E-state index in [0.717, 1.165) is 121 Å². The summed E-state index contributed by atoms with van der Waals surface area (Å²) in [6.45, 7) is 35.4. The van der Waals surface area contributed by atoms with Crippen molar-refractivity contribution < 1.29 is 57.3 Å². The zero-order chi connectivity index (χ0) is 74.3. The number of β-amino-alcohol motifs (C(OH)–C–C–N with tert-alkyl or cyclic N) is 1. The minimum Gasteiger partial charge on any atom is -0.490 e. The molecule has 24 heteroatoms. The Morgan fingerprint density at radius 2 is 1.08 bits per heavy atom. The Bertz CT molecular complexity index is 4250. The molecule has 3 atom stereocenters. The lowest BCUT2D eigenvalue weighted by Crippen LogP contribution is -2.44. The van der Waals surface area contributed by atoms with Gasteiger partial charge >= 0.3 is 0 Å². The third-order valence-corrected chi connectivity index (χ3v) is 31.1. The maximum atomic E-state index is 13.3. The predicted octanol–water partition coefficient (Wildman–Crippen LogP) is 11.9. The largest absolute Gasteiger partial charge is 0.490 e. The third kappa shape index (κ3) is 16.5. The maximum Gasteiger partial charge on any atom is 0.298 e. The van der Waals surface area contributed by atoms with Crippen molar-refractivity contribution in [3.05, 3.63) is 147 Å². The molecule has 0 saturated carbocycles. The summed E-state index contributed by atoms with van der Waals surface area (Å²) in [5.41, 5.74) is 14.6. The average Bonchev–Trinajstić information content (AvgIpc) is 1.59. The van der Waals surface area contributed by atoms with Crippen molar-refractivity contribution in [2.45, 2.75) is 192 Å². The number of rotatable bonds is 19. The fraction of sp³-hybridized carbons (Fsp3) is 0.494. The standard InChI is InChI=1S/C26H26N4O4.C21H33N3O2Si.C21H30N2O2Si.C11H11NO3.H2O/c1-16(2)33-22-7-6-17(14-18(22)15-27)24-28-23(29-34-24)20-4-3-5-21-19(20)8-9-26(21)10-11-30(12-13-31)25(26)32;1-20(2,3)27(4,5)26-14-13-24-12-11-21(19(24)25)10-9-15-16(18(22)23)7-6-8-17(15)21;1-20(2,3)26(4,5)25-14-13-23-12-11-21(19(23)24)10-9-17-16(15-22)7-6-8-18(17)21;1-8(2)15-11-4-3-10(14-7-13)5-9(11)6-12;/h3-7,14,16,31H,8-13H2,1-2H3;6-8H,9-14H2,1-5H3,(H3,22,23);6-8H,9-14H2,1-5H3;3-5,7-8H,1-2H3;1H2. The predicted molar refractivity (Wildman–Crippen MR) is 398 cm³/mol. The second-order valence-electron chi connectivity index (χ2n) is 30.9. The first-order valence-corrected chi connectivity index (χ1v) is 41.3. The second kappa shape index (κ2) is 32.3. The van der Waals surface area contributed by atoms with E-state index in [1.54, 1.807) is 35.2 Å². The van der Waals surface area contributed by atoms with Crippen LogP contribution < -0.4 is 19.9 Å². The van der Waals surface area contributed by atoms with Crippen molar-refractivity contribution >= 4 is 46.7 Å². The van der Waals surface area contributed by atoms with E-state index in [1.807, 2.05) is 86.0 Å². The lowest BCUT2D eigenvalue weighted by Gasteiger charge is -2.36. The van der Waals surface area contributed by atoms with Crippen LogP contribution in [0.2, 0.25) is 36.3 Å². The Morgan fingerprint density at radius 3 is 1.55 bits per heavy atom. The van der Waals surface area contributed by atoms with Crippen LogP contribution in [-0.4, -0.2) is 153 Å². The average molecular weight is 1440 g/mol. The van der Waals surface area contributed by atoms with Crippen LogP contribution in [0.1, 0.15) is 163 Å². The van der Waals surface area contributed by atoms with Crippen LogP contribution >= 0.6 is 0 Å². The second-order valence-corrected chi connectivity index (χ2v) is 40.5. The summed E-state index contributed by atoms with van der Waals surface area (Å²) in [5.74, 6) is 2.76. The summed E-state index contributed by atoms with van der Waals surface area (Å²) < 4.78 is 33.8. The summed E-state index contributed by atoms with van der Waals surface area (Å²) in [4.78, 5) is 60.2. The molecule has 3 fully saturated rings. The highest BCUT2D eigenvalue weighted by Crippen LogP contribution is 2.51. The van der Waals surface area contributed by atoms with Crippen LogP contribution in [0.15, 0.2) is 95.5 Å². The van der Waals surface area contributed by atoms with Gasteiger partial charge in [0.25, 0.3) is 12.4 Å². The summed E-state index contributed by atoms with van der Waals surface area (Å²) in [5, 5.41) is 49.4. The third-order valence-electron chi connectivity index (χ3n) is 22.0. The Kier molecular flexibility index (Phi) is 25.0. The Morgan fingerprint density at radius 1 is 0.631 bits per heavy atom. The molecule has 6 N–H and O–H groups in total. The number of nitrogens with zero attached hydrogens (tertiary/aromatic N) is 8. The van der Waals surface area contributed by atoms with E-state index in [1.165, 1.54) is 6.07 Å². The lowest BCUT2D eigenvalue weighted by molar-refractivity contribution is -0.133. The molecule has 3 aliphatic carbocycles. The van der Waals surface area contributed by atoms with Crippen molar-refractivity contribution in [2.24, 2.45) is 5.73 Å². The van der Waals surface area contributed by atoms with Crippen molar-refractivity contribution in [1.29, 1.82) is 21.2 Å². The first-order valence-electron chi connectivity index (χ1n) is 35.5. The van der Waals surface area contributed by atoms with Crippen molar-refractivity contribution in [2.75, 3.05) is 59.1 Å². The topological polar surface area (TPSA) is 336 Å². The summed E-state index contributed by atoms with van der Waals surface area (Å²) in [6.07, 6.45) is 7.22. The molecule has 4 heterocycles. The van der Waals surface area contributed by atoms with E-state index in [-0.39, 0.29) is 57.9 Å². The highest BCUT2D eigenvalue weighted by atomic mass is 28.4. The number of nitriles is 3. The number of nitrogens with two attached hydrogens (primary N) is 1. The van der Waals surface area contributed by atoms with Gasteiger partial charge < -0.3 is 58.6 Å². The molecule has 6 aliphatic rings. The van der Waals surface area contributed by atoms with E-state index in [0.29, 0.717) is 91.5 Å². The number of hydrogen-bond acceptors (Lipinski definition) is 17. The quantitative estimate of drug-likeness (QED) is 0.0293. The monoisotopic (exact) mass is 1440 g/mol. The van der Waals surface area contributed by atoms with E-state index in [2.05, 4.69) is 107 Å². The highest BCUT2D eigenvalue weighted by molar-refractivity contribution is 6.74. The number of likely N-dealkylation sites (tertiary alicyclic amines) is 3. The first-order chi connectivity index (χ1) is 48.2. The molecule has 6 aromatic rings. The number of nitrogens with one attached hydrogen (secondary N) is 1. The van der Waals surface area contributed by atoms with Gasteiger partial charge in [-0.05, 0) is 192 Å². The van der Waals surface area contributed by atoms with Gasteiger partial charge in [-0.1, -0.05) is 95.2 Å². The van der Waals surface area contributed by atoms with Gasteiger partial charge in [0.15, 0.2) is 16.6 Å². The number of benzene rings is 5. The van der Waals surface area contributed by atoms with E-state index in [4.69, 9.17) is 39.3 Å². The molecule has 3 unspecified atom stereocenters. The summed E-state index contributed by atoms with van der Waals surface area (Å²) in [6, 6.07) is 33.9. The molecule has 5 aromatic carbocycles. The molecule has 103 heavy (non-hydrogen) atoms. The van der Waals surface area contributed by atoms with E-state index < -0.39 is 32.9 Å². The van der Waals surface area contributed by atoms with Gasteiger partial charge in [-0.3, -0.25) is 24.6 Å².